The van der Waals surface area contributed by atoms with Crippen LogP contribution in [0, 0.1) is 6.92 Å². The number of benzene rings is 1. The van der Waals surface area contributed by atoms with Gasteiger partial charge in [0.2, 0.25) is 6.20 Å². The van der Waals surface area contributed by atoms with Gasteiger partial charge in [-0.1, -0.05) is 52.4 Å². The van der Waals surface area contributed by atoms with E-state index in [0.717, 1.165) is 31.9 Å². The van der Waals surface area contributed by atoms with Crippen LogP contribution in [-0.4, -0.2) is 15.3 Å². The van der Waals surface area contributed by atoms with E-state index in [0.29, 0.717) is 10.0 Å². The third kappa shape index (κ3) is 3.46. The molecule has 0 aliphatic carbocycles. The van der Waals surface area contributed by atoms with Gasteiger partial charge in [0.1, 0.15) is 5.56 Å². The predicted octanol–water partition coefficient (Wildman–Crippen LogP) is 4.27. The fourth-order valence-electron chi connectivity index (χ4n) is 2.02. The fraction of sp³-hybridized carbons (Fsp3) is 0.214. The second-order valence-electron chi connectivity index (χ2n) is 4.79. The Hall–Kier alpha value is -1.08. The molecule has 0 amide bonds. The molecule has 2 aromatic heterocycles. The molecule has 1 N–H and O–H groups in total. The molecule has 3 rings (SSSR count). The second kappa shape index (κ2) is 6.58. The average molecular weight is 372 g/mol. The molecule has 2 heterocycles. The highest BCUT2D eigenvalue weighted by atomic mass is 35.5. The van der Waals surface area contributed by atoms with Crippen LogP contribution in [0.15, 0.2) is 28.7 Å². The minimum Gasteiger partial charge on any atom is -0.170 e. The van der Waals surface area contributed by atoms with E-state index in [9.17, 15) is 0 Å². The fourth-order valence-corrected chi connectivity index (χ4v) is 4.50. The summed E-state index contributed by atoms with van der Waals surface area (Å²) in [4.78, 5) is 0. The summed E-state index contributed by atoms with van der Waals surface area (Å²) < 4.78 is 2.83. The van der Waals surface area contributed by atoms with Crippen LogP contribution in [-0.2, 0) is 12.8 Å². The minimum absolute atomic E-state index is 0.646. The van der Waals surface area contributed by atoms with Gasteiger partial charge in [0, 0.05) is 15.8 Å². The number of nitrogens with zero attached hydrogens (tertiary/aromatic N) is 3. The maximum absolute atomic E-state index is 6.18. The van der Waals surface area contributed by atoms with Crippen LogP contribution in [0.25, 0.3) is 10.6 Å². The van der Waals surface area contributed by atoms with Crippen LogP contribution in [0.1, 0.15) is 11.3 Å². The lowest BCUT2D eigenvalue weighted by Crippen LogP contribution is -2.28. The molecule has 8 heteroatoms. The number of H-pyrrole nitrogens is 1. The molecular formula is C14H13Cl2N4S2+. The highest BCUT2D eigenvalue weighted by Crippen LogP contribution is 2.33. The van der Waals surface area contributed by atoms with E-state index in [1.807, 2.05) is 37.0 Å². The molecule has 0 aliphatic heterocycles. The normalized spacial score (nSPS) is 11.1. The van der Waals surface area contributed by atoms with Crippen LogP contribution in [0.3, 0.4) is 0 Å². The topological polar surface area (TPSA) is 45.5 Å². The van der Waals surface area contributed by atoms with E-state index in [1.165, 1.54) is 0 Å². The van der Waals surface area contributed by atoms with Gasteiger partial charge in [-0.15, -0.1) is 14.9 Å². The number of aromatic amines is 1. The maximum atomic E-state index is 6.18. The Balaban J connectivity index is 1.73. The zero-order valence-corrected chi connectivity index (χ0v) is 15.1. The van der Waals surface area contributed by atoms with Crippen LogP contribution in [0.2, 0.25) is 10.0 Å². The Labute approximate surface area is 146 Å². The van der Waals surface area contributed by atoms with Crippen molar-refractivity contribution in [1.82, 2.24) is 15.3 Å². The van der Waals surface area contributed by atoms with Gasteiger partial charge in [0.05, 0.1) is 5.69 Å². The molecule has 0 bridgehead atoms. The molecule has 0 saturated heterocycles. The maximum Gasteiger partial charge on any atom is 0.205 e. The summed E-state index contributed by atoms with van der Waals surface area (Å²) in [5, 5.41) is 14.0. The van der Waals surface area contributed by atoms with Crippen molar-refractivity contribution in [2.24, 2.45) is 7.05 Å². The lowest BCUT2D eigenvalue weighted by atomic mass is 10.2. The van der Waals surface area contributed by atoms with E-state index < -0.39 is 0 Å². The van der Waals surface area contributed by atoms with E-state index in [4.69, 9.17) is 23.2 Å². The number of nitrogens with one attached hydrogen (secondary N) is 1. The first-order valence-corrected chi connectivity index (χ1v) is 9.04. The zero-order chi connectivity index (χ0) is 15.7. The molecule has 1 aromatic carbocycles. The van der Waals surface area contributed by atoms with Crippen LogP contribution in [0.4, 0.5) is 0 Å². The molecule has 0 unspecified atom stereocenters. The number of hydrogen-bond acceptors (Lipinski definition) is 4. The zero-order valence-electron chi connectivity index (χ0n) is 11.9. The van der Waals surface area contributed by atoms with Crippen molar-refractivity contribution in [3.8, 4) is 10.6 Å². The Morgan fingerprint density at radius 3 is 2.82 bits per heavy atom. The second-order valence-corrected chi connectivity index (χ2v) is 7.83. The Morgan fingerprint density at radius 2 is 2.14 bits per heavy atom. The highest BCUT2D eigenvalue weighted by molar-refractivity contribution is 8.00. The number of thioether (sulfide) groups is 1. The van der Waals surface area contributed by atoms with Crippen molar-refractivity contribution in [3.63, 3.8) is 0 Å². The first kappa shape index (κ1) is 15.8. The molecule has 3 aromatic rings. The SMILES string of the molecule is Cc1[nH][n+](C)cc1-c1nnc(SCc2ccc(Cl)cc2Cl)s1. The standard InChI is InChI=1S/C14H12Cl2N4S2/c1-8-11(6-20(2)19-8)13-17-18-14(22-13)21-7-9-3-4-10(15)5-12(9)16/h3-6H,7H2,1-2H3/p+1. The van der Waals surface area contributed by atoms with Gasteiger partial charge < -0.3 is 0 Å². The largest absolute Gasteiger partial charge is 0.205 e. The molecule has 114 valence electrons. The Morgan fingerprint density at radius 1 is 1.32 bits per heavy atom. The number of hydrogen-bond donors (Lipinski definition) is 1. The van der Waals surface area contributed by atoms with Crippen molar-refractivity contribution < 1.29 is 4.68 Å². The van der Waals surface area contributed by atoms with Gasteiger partial charge in [-0.25, -0.2) is 0 Å². The van der Waals surface area contributed by atoms with E-state index in [1.54, 1.807) is 29.2 Å². The number of halogens is 2. The number of rotatable bonds is 4. The first-order valence-electron chi connectivity index (χ1n) is 6.49. The van der Waals surface area contributed by atoms with Crippen LogP contribution in [0.5, 0.6) is 0 Å². The monoisotopic (exact) mass is 371 g/mol. The van der Waals surface area contributed by atoms with Gasteiger partial charge >= 0.3 is 0 Å². The van der Waals surface area contributed by atoms with Crippen molar-refractivity contribution in [3.05, 3.63) is 45.7 Å². The molecule has 0 fully saturated rings. The van der Waals surface area contributed by atoms with Crippen molar-refractivity contribution in [1.29, 1.82) is 0 Å². The summed E-state index contributed by atoms with van der Waals surface area (Å²) in [6.07, 6.45) is 2.01. The Bertz CT molecular complexity index is 813. The lowest BCUT2D eigenvalue weighted by Gasteiger charge is -2.02. The van der Waals surface area contributed by atoms with E-state index in [-0.39, 0.29) is 0 Å². The molecule has 0 atom stereocenters. The lowest BCUT2D eigenvalue weighted by molar-refractivity contribution is -0.726. The summed E-state index contributed by atoms with van der Waals surface area (Å²) >= 11 is 15.3. The summed E-state index contributed by atoms with van der Waals surface area (Å²) in [5.41, 5.74) is 3.20. The van der Waals surface area contributed by atoms with Crippen LogP contribution < -0.4 is 4.68 Å². The predicted molar refractivity (Wildman–Crippen MR) is 91.6 cm³/mol. The van der Waals surface area contributed by atoms with E-state index >= 15 is 0 Å². The van der Waals surface area contributed by atoms with Gasteiger partial charge in [-0.05, 0) is 24.6 Å². The molecule has 0 saturated carbocycles. The summed E-state index contributed by atoms with van der Waals surface area (Å²) in [7, 11) is 1.95. The van der Waals surface area contributed by atoms with Crippen molar-refractivity contribution >= 4 is 46.3 Å². The van der Waals surface area contributed by atoms with Crippen molar-refractivity contribution in [2.75, 3.05) is 0 Å². The molecule has 22 heavy (non-hydrogen) atoms. The molecule has 0 aliphatic rings. The smallest absolute Gasteiger partial charge is 0.170 e. The quantitative estimate of drug-likeness (QED) is 0.550. The van der Waals surface area contributed by atoms with Gasteiger partial charge in [-0.3, -0.25) is 0 Å². The third-order valence-electron chi connectivity index (χ3n) is 3.07. The van der Waals surface area contributed by atoms with Gasteiger partial charge in [-0.2, -0.15) is 5.10 Å². The Kier molecular flexibility index (Phi) is 4.73. The summed E-state index contributed by atoms with van der Waals surface area (Å²) in [6, 6.07) is 5.54. The average Bonchev–Trinajstić information content (AvgIpc) is 3.04. The van der Waals surface area contributed by atoms with Crippen LogP contribution >= 0.6 is 46.3 Å². The summed E-state index contributed by atoms with van der Waals surface area (Å²) in [5.74, 6) is 0.741. The molecule has 0 spiro atoms. The number of aromatic nitrogens is 4. The third-order valence-corrected chi connectivity index (χ3v) is 5.80. The minimum atomic E-state index is 0.646. The number of aryl methyl sites for hydroxylation is 2. The molecule has 0 radical (unpaired) electrons. The first-order chi connectivity index (χ1) is 10.5. The van der Waals surface area contributed by atoms with Crippen molar-refractivity contribution in [2.45, 2.75) is 17.0 Å². The molecule has 4 nitrogen and oxygen atoms in total. The van der Waals surface area contributed by atoms with E-state index in [2.05, 4.69) is 15.3 Å². The van der Waals surface area contributed by atoms with Gasteiger partial charge in [0.15, 0.2) is 16.4 Å². The van der Waals surface area contributed by atoms with Gasteiger partial charge in [0.25, 0.3) is 0 Å². The summed E-state index contributed by atoms with van der Waals surface area (Å²) in [6.45, 7) is 2.02. The molecular weight excluding hydrogens is 359 g/mol. The highest BCUT2D eigenvalue weighted by Gasteiger charge is 2.16.